The minimum absolute atomic E-state index is 0.0254. The van der Waals surface area contributed by atoms with Gasteiger partial charge in [-0.1, -0.05) is 48.5 Å². The summed E-state index contributed by atoms with van der Waals surface area (Å²) in [6.07, 6.45) is 2.32. The predicted molar refractivity (Wildman–Crippen MR) is 115 cm³/mol. The molecule has 1 aliphatic heterocycles. The smallest absolute Gasteiger partial charge is 0.232 e. The van der Waals surface area contributed by atoms with Gasteiger partial charge in [0.1, 0.15) is 0 Å². The van der Waals surface area contributed by atoms with Gasteiger partial charge in [-0.3, -0.25) is 9.78 Å². The number of ether oxygens (including phenoxy) is 1. The summed E-state index contributed by atoms with van der Waals surface area (Å²) in [6.45, 7) is 3.05. The second kappa shape index (κ2) is 9.34. The Balaban J connectivity index is 1.59. The average Bonchev–Trinajstić information content (AvgIpc) is 2.79. The van der Waals surface area contributed by atoms with E-state index in [1.807, 2.05) is 66.7 Å². The molecular weight excluding hydrogens is 362 g/mol. The van der Waals surface area contributed by atoms with Crippen molar-refractivity contribution in [1.29, 1.82) is 0 Å². The number of aromatic nitrogens is 1. The van der Waals surface area contributed by atoms with E-state index in [2.05, 4.69) is 21.3 Å². The van der Waals surface area contributed by atoms with Crippen LogP contribution in [0.5, 0.6) is 0 Å². The Kier molecular flexibility index (Phi) is 6.17. The number of amides is 1. The number of hydrogen-bond acceptors (Lipinski definition) is 4. The van der Waals surface area contributed by atoms with Crippen molar-refractivity contribution < 1.29 is 9.53 Å². The Bertz CT molecular complexity index is 925. The third-order valence-electron chi connectivity index (χ3n) is 5.17. The molecule has 0 saturated carbocycles. The Labute approximate surface area is 171 Å². The van der Waals surface area contributed by atoms with Crippen molar-refractivity contribution in [3.8, 4) is 0 Å². The largest absolute Gasteiger partial charge is 0.378 e. The molecular formula is C24H25N3O2. The van der Waals surface area contributed by atoms with E-state index in [9.17, 15) is 4.79 Å². The third kappa shape index (κ3) is 4.81. The fraction of sp³-hybridized carbons (Fsp3) is 0.250. The minimum Gasteiger partial charge on any atom is -0.378 e. The number of benzene rings is 2. The van der Waals surface area contributed by atoms with Crippen LogP contribution in [-0.2, 0) is 16.0 Å². The first-order valence-electron chi connectivity index (χ1n) is 9.99. The van der Waals surface area contributed by atoms with Crippen molar-refractivity contribution in [3.63, 3.8) is 0 Å². The molecule has 1 aromatic heterocycles. The lowest BCUT2D eigenvalue weighted by Crippen LogP contribution is -2.37. The Morgan fingerprint density at radius 3 is 2.45 bits per heavy atom. The van der Waals surface area contributed by atoms with Crippen LogP contribution in [0.1, 0.15) is 17.2 Å². The number of pyridine rings is 1. The van der Waals surface area contributed by atoms with Gasteiger partial charge in [0.05, 0.1) is 30.5 Å². The van der Waals surface area contributed by atoms with Gasteiger partial charge in [0.2, 0.25) is 5.91 Å². The molecule has 0 spiro atoms. The van der Waals surface area contributed by atoms with Crippen LogP contribution in [0, 0.1) is 0 Å². The highest BCUT2D eigenvalue weighted by molar-refractivity contribution is 5.98. The summed E-state index contributed by atoms with van der Waals surface area (Å²) in [5, 5.41) is 3.18. The number of nitrogens with one attached hydrogen (secondary N) is 1. The first kappa shape index (κ1) is 19.2. The molecule has 4 rings (SSSR count). The molecule has 5 heteroatoms. The SMILES string of the molecule is O=C(Nc1ccccc1N1CCOCC1)C(Cc1ccccn1)c1ccccc1. The van der Waals surface area contributed by atoms with Crippen LogP contribution in [0.2, 0.25) is 0 Å². The maximum atomic E-state index is 13.4. The topological polar surface area (TPSA) is 54.5 Å². The Hall–Kier alpha value is -3.18. The lowest BCUT2D eigenvalue weighted by atomic mass is 9.93. The molecule has 0 aliphatic carbocycles. The van der Waals surface area contributed by atoms with E-state index in [1.54, 1.807) is 6.20 Å². The summed E-state index contributed by atoms with van der Waals surface area (Å²) < 4.78 is 5.47. The fourth-order valence-electron chi connectivity index (χ4n) is 3.65. The monoisotopic (exact) mass is 387 g/mol. The van der Waals surface area contributed by atoms with Gasteiger partial charge in [-0.2, -0.15) is 0 Å². The molecule has 3 aromatic rings. The summed E-state index contributed by atoms with van der Waals surface area (Å²) in [6, 6.07) is 23.7. The molecule has 1 amide bonds. The molecule has 1 atom stereocenters. The zero-order valence-corrected chi connectivity index (χ0v) is 16.3. The minimum atomic E-state index is -0.316. The quantitative estimate of drug-likeness (QED) is 0.697. The van der Waals surface area contributed by atoms with Gasteiger partial charge in [-0.05, 0) is 29.8 Å². The number of carbonyl (C=O) groups excluding carboxylic acids is 1. The zero-order chi connectivity index (χ0) is 19.9. The molecule has 1 fully saturated rings. The molecule has 29 heavy (non-hydrogen) atoms. The number of nitrogens with zero attached hydrogens (tertiary/aromatic N) is 2. The van der Waals surface area contributed by atoms with Gasteiger partial charge < -0.3 is 15.0 Å². The van der Waals surface area contributed by atoms with Crippen LogP contribution >= 0.6 is 0 Å². The lowest BCUT2D eigenvalue weighted by Gasteiger charge is -2.30. The van der Waals surface area contributed by atoms with Crippen molar-refractivity contribution in [2.45, 2.75) is 12.3 Å². The molecule has 1 saturated heterocycles. The Morgan fingerprint density at radius 2 is 1.69 bits per heavy atom. The molecule has 5 nitrogen and oxygen atoms in total. The molecule has 2 heterocycles. The third-order valence-corrected chi connectivity index (χ3v) is 5.17. The van der Waals surface area contributed by atoms with Crippen LogP contribution in [0.4, 0.5) is 11.4 Å². The molecule has 1 N–H and O–H groups in total. The van der Waals surface area contributed by atoms with Crippen LogP contribution in [0.15, 0.2) is 79.0 Å². The maximum Gasteiger partial charge on any atom is 0.232 e. The van der Waals surface area contributed by atoms with Gasteiger partial charge >= 0.3 is 0 Å². The highest BCUT2D eigenvalue weighted by Crippen LogP contribution is 2.29. The normalized spacial score (nSPS) is 15.0. The highest BCUT2D eigenvalue weighted by Gasteiger charge is 2.23. The van der Waals surface area contributed by atoms with Gasteiger partial charge in [0.25, 0.3) is 0 Å². The van der Waals surface area contributed by atoms with Crippen LogP contribution in [0.25, 0.3) is 0 Å². The van der Waals surface area contributed by atoms with Gasteiger partial charge in [-0.15, -0.1) is 0 Å². The summed E-state index contributed by atoms with van der Waals surface area (Å²) in [4.78, 5) is 20.1. The van der Waals surface area contributed by atoms with E-state index in [0.717, 1.165) is 35.7 Å². The second-order valence-corrected chi connectivity index (χ2v) is 7.09. The Morgan fingerprint density at radius 1 is 0.966 bits per heavy atom. The van der Waals surface area contributed by atoms with Crippen LogP contribution in [-0.4, -0.2) is 37.2 Å². The van der Waals surface area contributed by atoms with E-state index < -0.39 is 0 Å². The molecule has 1 unspecified atom stereocenters. The second-order valence-electron chi connectivity index (χ2n) is 7.09. The zero-order valence-electron chi connectivity index (χ0n) is 16.3. The standard InChI is InChI=1S/C24H25N3O2/c28-24(26-22-11-4-5-12-23(22)27-14-16-29-17-15-27)21(19-8-2-1-3-9-19)18-20-10-6-7-13-25-20/h1-13,21H,14-18H2,(H,26,28). The molecule has 1 aliphatic rings. The number of anilines is 2. The number of para-hydroxylation sites is 2. The summed E-state index contributed by atoms with van der Waals surface area (Å²) in [5.74, 6) is -0.341. The maximum absolute atomic E-state index is 13.4. The molecule has 0 bridgehead atoms. The van der Waals surface area contributed by atoms with Crippen molar-refractivity contribution in [3.05, 3.63) is 90.3 Å². The van der Waals surface area contributed by atoms with E-state index in [4.69, 9.17) is 4.74 Å². The molecule has 148 valence electrons. The lowest BCUT2D eigenvalue weighted by molar-refractivity contribution is -0.117. The fourth-order valence-corrected chi connectivity index (χ4v) is 3.65. The van der Waals surface area contributed by atoms with Crippen molar-refractivity contribution in [1.82, 2.24) is 4.98 Å². The first-order valence-corrected chi connectivity index (χ1v) is 9.99. The summed E-state index contributed by atoms with van der Waals surface area (Å²) in [7, 11) is 0. The first-order chi connectivity index (χ1) is 14.3. The van der Waals surface area contributed by atoms with E-state index in [1.165, 1.54) is 0 Å². The van der Waals surface area contributed by atoms with E-state index in [0.29, 0.717) is 19.6 Å². The van der Waals surface area contributed by atoms with Gasteiger partial charge in [0.15, 0.2) is 0 Å². The van der Waals surface area contributed by atoms with Gasteiger partial charge in [0, 0.05) is 31.4 Å². The van der Waals surface area contributed by atoms with E-state index in [-0.39, 0.29) is 11.8 Å². The number of carbonyl (C=O) groups is 1. The number of rotatable bonds is 6. The van der Waals surface area contributed by atoms with Crippen LogP contribution in [0.3, 0.4) is 0 Å². The predicted octanol–water partition coefficient (Wildman–Crippen LogP) is 3.88. The number of hydrogen-bond donors (Lipinski definition) is 1. The molecule has 0 radical (unpaired) electrons. The van der Waals surface area contributed by atoms with Gasteiger partial charge in [-0.25, -0.2) is 0 Å². The molecule has 2 aromatic carbocycles. The van der Waals surface area contributed by atoms with Crippen LogP contribution < -0.4 is 10.2 Å². The average molecular weight is 387 g/mol. The summed E-state index contributed by atoms with van der Waals surface area (Å²) in [5.41, 5.74) is 3.76. The summed E-state index contributed by atoms with van der Waals surface area (Å²) >= 11 is 0. The van der Waals surface area contributed by atoms with E-state index >= 15 is 0 Å². The van der Waals surface area contributed by atoms with Crippen molar-refractivity contribution in [2.24, 2.45) is 0 Å². The highest BCUT2D eigenvalue weighted by atomic mass is 16.5. The number of morpholine rings is 1. The van der Waals surface area contributed by atoms with Crippen molar-refractivity contribution in [2.75, 3.05) is 36.5 Å². The van der Waals surface area contributed by atoms with Crippen molar-refractivity contribution >= 4 is 17.3 Å².